The SMILES string of the molecule is CC1=C(OC(N)=O)C2(CCCC(OPC3=CCC3)C2)OC1=O. The molecule has 0 aromatic heterocycles. The molecule has 0 aromatic carbocycles. The molecule has 1 saturated carbocycles. The van der Waals surface area contributed by atoms with Gasteiger partial charge in [0.1, 0.15) is 0 Å². The van der Waals surface area contributed by atoms with Gasteiger partial charge in [-0.1, -0.05) is 6.08 Å². The van der Waals surface area contributed by atoms with Gasteiger partial charge in [-0.25, -0.2) is 9.59 Å². The predicted molar refractivity (Wildman–Crippen MR) is 81.2 cm³/mol. The third kappa shape index (κ3) is 2.90. The second-order valence-corrected chi connectivity index (χ2v) is 7.05. The maximum Gasteiger partial charge on any atom is 0.409 e. The van der Waals surface area contributed by atoms with Crippen molar-refractivity contribution in [3.63, 3.8) is 0 Å². The number of nitrogens with two attached hydrogens (primary N) is 1. The van der Waals surface area contributed by atoms with Crippen LogP contribution >= 0.6 is 8.81 Å². The van der Waals surface area contributed by atoms with E-state index < -0.39 is 17.7 Å². The van der Waals surface area contributed by atoms with Crippen LogP contribution in [0.1, 0.15) is 45.4 Å². The third-order valence-electron chi connectivity index (χ3n) is 4.38. The average molecular weight is 325 g/mol. The summed E-state index contributed by atoms with van der Waals surface area (Å²) in [7, 11) is 0.371. The summed E-state index contributed by atoms with van der Waals surface area (Å²) in [5.74, 6) is -0.175. The van der Waals surface area contributed by atoms with Crippen LogP contribution in [0.5, 0.6) is 0 Å². The smallest absolute Gasteiger partial charge is 0.409 e. The molecule has 0 bridgehead atoms. The summed E-state index contributed by atoms with van der Waals surface area (Å²) in [6.45, 7) is 1.60. The molecule has 120 valence electrons. The Labute approximate surface area is 130 Å². The molecule has 6 nitrogen and oxygen atoms in total. The standard InChI is InChI=1S/C15H20NO5P/c1-9-12(19-14(16)18)15(20-13(9)17)7-3-4-10(8-15)21-22-11-5-2-6-11/h5,10,22H,2-4,6-8H2,1H3,(H2,16,18). The Morgan fingerprint density at radius 3 is 2.95 bits per heavy atom. The summed E-state index contributed by atoms with van der Waals surface area (Å²) in [6.07, 6.45) is 6.43. The average Bonchev–Trinajstić information content (AvgIpc) is 2.61. The topological polar surface area (TPSA) is 87.8 Å². The Morgan fingerprint density at radius 2 is 2.32 bits per heavy atom. The quantitative estimate of drug-likeness (QED) is 0.634. The van der Waals surface area contributed by atoms with Gasteiger partial charge in [-0.05, 0) is 44.3 Å². The predicted octanol–water partition coefficient (Wildman–Crippen LogP) is 2.88. The van der Waals surface area contributed by atoms with Crippen LogP contribution in [0.15, 0.2) is 22.7 Å². The summed E-state index contributed by atoms with van der Waals surface area (Å²) in [5, 5.41) is 1.35. The molecule has 2 aliphatic carbocycles. The first kappa shape index (κ1) is 15.5. The maximum absolute atomic E-state index is 11.9. The summed E-state index contributed by atoms with van der Waals surface area (Å²) in [5.41, 5.74) is 4.56. The fourth-order valence-corrected chi connectivity index (χ4v) is 4.13. The van der Waals surface area contributed by atoms with Crippen molar-refractivity contribution in [1.29, 1.82) is 0 Å². The molecule has 2 N–H and O–H groups in total. The highest BCUT2D eigenvalue weighted by molar-refractivity contribution is 7.37. The molecule has 0 aromatic rings. The van der Waals surface area contributed by atoms with Gasteiger partial charge < -0.3 is 19.7 Å². The largest absolute Gasteiger partial charge is 0.447 e. The Balaban J connectivity index is 1.73. The molecule has 1 heterocycles. The second-order valence-electron chi connectivity index (χ2n) is 5.97. The van der Waals surface area contributed by atoms with Crippen molar-refractivity contribution in [2.75, 3.05) is 0 Å². The lowest BCUT2D eigenvalue weighted by Gasteiger charge is -2.37. The Morgan fingerprint density at radius 1 is 1.55 bits per heavy atom. The number of carbonyl (C=O) groups excluding carboxylic acids is 2. The first-order valence-electron chi connectivity index (χ1n) is 7.53. The van der Waals surface area contributed by atoms with Crippen molar-refractivity contribution in [3.8, 4) is 0 Å². The molecule has 0 radical (unpaired) electrons. The van der Waals surface area contributed by atoms with Crippen molar-refractivity contribution in [2.45, 2.75) is 57.2 Å². The number of carbonyl (C=O) groups is 2. The molecule has 1 aliphatic heterocycles. The fourth-order valence-electron chi connectivity index (χ4n) is 3.13. The molecular weight excluding hydrogens is 305 g/mol. The molecule has 22 heavy (non-hydrogen) atoms. The molecule has 3 aliphatic rings. The monoisotopic (exact) mass is 325 g/mol. The van der Waals surface area contributed by atoms with Crippen LogP contribution in [-0.4, -0.2) is 23.8 Å². The van der Waals surface area contributed by atoms with Crippen molar-refractivity contribution in [1.82, 2.24) is 0 Å². The van der Waals surface area contributed by atoms with Crippen molar-refractivity contribution in [2.24, 2.45) is 5.73 Å². The van der Waals surface area contributed by atoms with E-state index in [4.69, 9.17) is 19.7 Å². The van der Waals surface area contributed by atoms with E-state index in [0.29, 0.717) is 27.2 Å². The molecular formula is C15H20NO5P. The molecule has 3 rings (SSSR count). The van der Waals surface area contributed by atoms with Gasteiger partial charge in [0, 0.05) is 15.2 Å². The molecule has 0 saturated heterocycles. The van der Waals surface area contributed by atoms with Crippen LogP contribution in [0.4, 0.5) is 4.79 Å². The molecule has 3 unspecified atom stereocenters. The van der Waals surface area contributed by atoms with Gasteiger partial charge in [0.05, 0.1) is 11.7 Å². The van der Waals surface area contributed by atoms with Crippen molar-refractivity contribution >= 4 is 20.9 Å². The van der Waals surface area contributed by atoms with E-state index in [1.807, 2.05) is 0 Å². The number of primary amides is 1. The number of amides is 1. The Bertz CT molecular complexity index is 570. The zero-order valence-corrected chi connectivity index (χ0v) is 13.5. The lowest BCUT2D eigenvalue weighted by molar-refractivity contribution is -0.153. The summed E-state index contributed by atoms with van der Waals surface area (Å²) >= 11 is 0. The Kier molecular flexibility index (Phi) is 4.24. The van der Waals surface area contributed by atoms with E-state index in [0.717, 1.165) is 25.7 Å². The van der Waals surface area contributed by atoms with E-state index in [1.165, 1.54) is 5.31 Å². The van der Waals surface area contributed by atoms with E-state index in [1.54, 1.807) is 6.92 Å². The highest BCUT2D eigenvalue weighted by Gasteiger charge is 2.51. The second kappa shape index (κ2) is 6.01. The van der Waals surface area contributed by atoms with E-state index in [2.05, 4.69) is 6.08 Å². The van der Waals surface area contributed by atoms with Crippen LogP contribution in [0.2, 0.25) is 0 Å². The lowest BCUT2D eigenvalue weighted by atomic mass is 9.81. The number of allylic oxidation sites excluding steroid dienone is 2. The van der Waals surface area contributed by atoms with Gasteiger partial charge in [0.2, 0.25) is 0 Å². The van der Waals surface area contributed by atoms with Crippen LogP contribution in [0.25, 0.3) is 0 Å². The first-order chi connectivity index (χ1) is 10.5. The number of rotatable bonds is 4. The van der Waals surface area contributed by atoms with Gasteiger partial charge in [0.15, 0.2) is 11.4 Å². The molecule has 7 heteroatoms. The lowest BCUT2D eigenvalue weighted by Crippen LogP contribution is -2.41. The summed E-state index contributed by atoms with van der Waals surface area (Å²) in [6, 6.07) is 0. The minimum atomic E-state index is -0.920. The number of esters is 1. The number of hydrogen-bond donors (Lipinski definition) is 1. The minimum Gasteiger partial charge on any atom is -0.447 e. The van der Waals surface area contributed by atoms with Gasteiger partial charge in [-0.15, -0.1) is 0 Å². The molecule has 3 atom stereocenters. The normalized spacial score (nSPS) is 31.4. The highest BCUT2D eigenvalue weighted by atomic mass is 31.1. The Hall–Kier alpha value is -1.39. The van der Waals surface area contributed by atoms with Crippen LogP contribution in [0, 0.1) is 0 Å². The molecule has 1 fully saturated rings. The minimum absolute atomic E-state index is 0.00115. The maximum atomic E-state index is 11.9. The third-order valence-corrected chi connectivity index (χ3v) is 5.54. The van der Waals surface area contributed by atoms with Gasteiger partial charge in [0.25, 0.3) is 0 Å². The summed E-state index contributed by atoms with van der Waals surface area (Å²) in [4.78, 5) is 23.0. The zero-order chi connectivity index (χ0) is 15.7. The number of hydrogen-bond acceptors (Lipinski definition) is 5. The van der Waals surface area contributed by atoms with Crippen LogP contribution < -0.4 is 5.73 Å². The van der Waals surface area contributed by atoms with Crippen LogP contribution in [-0.2, 0) is 18.8 Å². The van der Waals surface area contributed by atoms with E-state index in [9.17, 15) is 9.59 Å². The number of ether oxygens (including phenoxy) is 2. The molecule has 1 spiro atoms. The highest BCUT2D eigenvalue weighted by Crippen LogP contribution is 2.47. The van der Waals surface area contributed by atoms with Gasteiger partial charge >= 0.3 is 12.1 Å². The van der Waals surface area contributed by atoms with E-state index >= 15 is 0 Å². The van der Waals surface area contributed by atoms with Crippen molar-refractivity contribution in [3.05, 3.63) is 22.7 Å². The van der Waals surface area contributed by atoms with E-state index in [-0.39, 0.29) is 11.9 Å². The zero-order valence-electron chi connectivity index (χ0n) is 12.5. The van der Waals surface area contributed by atoms with Crippen LogP contribution in [0.3, 0.4) is 0 Å². The van der Waals surface area contributed by atoms with Gasteiger partial charge in [-0.2, -0.15) is 0 Å². The fraction of sp³-hybridized carbons (Fsp3) is 0.600. The van der Waals surface area contributed by atoms with Crippen molar-refractivity contribution < 1.29 is 23.6 Å². The van der Waals surface area contributed by atoms with Gasteiger partial charge in [-0.3, -0.25) is 0 Å². The summed E-state index contributed by atoms with van der Waals surface area (Å²) < 4.78 is 16.6. The molecule has 1 amide bonds. The first-order valence-corrected chi connectivity index (χ1v) is 8.44.